The lowest BCUT2D eigenvalue weighted by Gasteiger charge is -2.30. The molecule has 2 heterocycles. The fourth-order valence-electron chi connectivity index (χ4n) is 3.50. The van der Waals surface area contributed by atoms with Crippen molar-refractivity contribution in [2.45, 2.75) is 38.6 Å². The molecule has 1 aromatic heterocycles. The Morgan fingerprint density at radius 1 is 1.29 bits per heavy atom. The molecule has 124 valence electrons. The van der Waals surface area contributed by atoms with Gasteiger partial charge in [-0.2, -0.15) is 0 Å². The van der Waals surface area contributed by atoms with Gasteiger partial charge < -0.3 is 9.47 Å². The van der Waals surface area contributed by atoms with Gasteiger partial charge in [-0.15, -0.1) is 0 Å². The predicted octanol–water partition coefficient (Wildman–Crippen LogP) is 3.74. The number of aryl methyl sites for hydroxylation is 2. The number of carbonyl (C=O) groups is 1. The van der Waals surface area contributed by atoms with Crippen molar-refractivity contribution in [1.29, 1.82) is 0 Å². The Balaban J connectivity index is 1.77. The first-order chi connectivity index (χ1) is 11.6. The van der Waals surface area contributed by atoms with Gasteiger partial charge in [-0.05, 0) is 61.9 Å². The van der Waals surface area contributed by atoms with E-state index >= 15 is 0 Å². The number of halogens is 1. The third-order valence-corrected chi connectivity index (χ3v) is 5.06. The van der Waals surface area contributed by atoms with Crippen LogP contribution in [0.4, 0.5) is 5.69 Å². The van der Waals surface area contributed by atoms with Crippen LogP contribution in [0.3, 0.4) is 0 Å². The van der Waals surface area contributed by atoms with Crippen LogP contribution in [-0.4, -0.2) is 17.0 Å². The first kappa shape index (κ1) is 15.5. The molecule has 0 atom stereocenters. The molecule has 1 aromatic carbocycles. The van der Waals surface area contributed by atoms with Crippen LogP contribution >= 0.6 is 11.6 Å². The normalized spacial score (nSPS) is 16.8. The van der Waals surface area contributed by atoms with E-state index in [0.717, 1.165) is 42.5 Å². The predicted molar refractivity (Wildman–Crippen MR) is 95.2 cm³/mol. The number of anilines is 1. The molecule has 1 aliphatic heterocycles. The number of amides is 1. The maximum absolute atomic E-state index is 13.1. The van der Waals surface area contributed by atoms with Crippen LogP contribution in [0.15, 0.2) is 35.3 Å². The molecule has 5 heteroatoms. The van der Waals surface area contributed by atoms with Crippen LogP contribution in [0, 0.1) is 6.92 Å². The van der Waals surface area contributed by atoms with E-state index in [2.05, 4.69) is 6.07 Å². The largest absolute Gasteiger partial charge is 0.312 e. The second-order valence-corrected chi connectivity index (χ2v) is 7.09. The summed E-state index contributed by atoms with van der Waals surface area (Å²) in [5.41, 5.74) is 2.97. The third-order valence-electron chi connectivity index (χ3n) is 4.77. The number of carbonyl (C=O) groups excluding carboxylic acids is 1. The molecule has 0 spiro atoms. The number of benzene rings is 1. The van der Waals surface area contributed by atoms with Gasteiger partial charge >= 0.3 is 0 Å². The van der Waals surface area contributed by atoms with Crippen LogP contribution in [-0.2, 0) is 6.42 Å². The zero-order valence-electron chi connectivity index (χ0n) is 13.6. The molecule has 2 aromatic rings. The Hall–Kier alpha value is -2.07. The van der Waals surface area contributed by atoms with Crippen molar-refractivity contribution in [3.63, 3.8) is 0 Å². The molecule has 2 aliphatic rings. The molecule has 0 unspecified atom stereocenters. The highest BCUT2D eigenvalue weighted by Crippen LogP contribution is 2.36. The molecule has 0 saturated heterocycles. The van der Waals surface area contributed by atoms with E-state index in [4.69, 9.17) is 11.6 Å². The van der Waals surface area contributed by atoms with Crippen molar-refractivity contribution in [3.8, 4) is 0 Å². The van der Waals surface area contributed by atoms with Gasteiger partial charge in [-0.3, -0.25) is 9.59 Å². The number of pyridine rings is 1. The standard InChI is InChI=1S/C19H19ClN2O2/c1-12-10-13-4-2-9-22(17(13)16(20)11-12)19(24)15-5-3-8-21(18(15)23)14-6-7-14/h3,5,8,10-11,14H,2,4,6-7,9H2,1H3. The fourth-order valence-corrected chi connectivity index (χ4v) is 3.90. The molecule has 1 amide bonds. The molecular weight excluding hydrogens is 324 g/mol. The summed E-state index contributed by atoms with van der Waals surface area (Å²) in [5.74, 6) is -0.248. The second-order valence-electron chi connectivity index (χ2n) is 6.68. The van der Waals surface area contributed by atoms with Gasteiger partial charge in [-0.25, -0.2) is 0 Å². The number of aromatic nitrogens is 1. The summed E-state index contributed by atoms with van der Waals surface area (Å²) in [5, 5.41) is 0.580. The van der Waals surface area contributed by atoms with Crippen molar-refractivity contribution >= 4 is 23.2 Å². The van der Waals surface area contributed by atoms with Gasteiger partial charge in [0.25, 0.3) is 11.5 Å². The summed E-state index contributed by atoms with van der Waals surface area (Å²) in [4.78, 5) is 27.4. The lowest BCUT2D eigenvalue weighted by Crippen LogP contribution is -2.39. The van der Waals surface area contributed by atoms with Crippen LogP contribution in [0.2, 0.25) is 5.02 Å². The van der Waals surface area contributed by atoms with Gasteiger partial charge in [0.15, 0.2) is 0 Å². The quantitative estimate of drug-likeness (QED) is 0.834. The number of hydrogen-bond donors (Lipinski definition) is 0. The summed E-state index contributed by atoms with van der Waals surface area (Å²) >= 11 is 6.43. The molecule has 0 N–H and O–H groups in total. The smallest absolute Gasteiger partial charge is 0.263 e. The Bertz CT molecular complexity index is 883. The zero-order chi connectivity index (χ0) is 16.8. The van der Waals surface area contributed by atoms with E-state index in [-0.39, 0.29) is 23.1 Å². The number of fused-ring (bicyclic) bond motifs is 1. The maximum Gasteiger partial charge on any atom is 0.263 e. The van der Waals surface area contributed by atoms with Gasteiger partial charge in [0.1, 0.15) is 5.56 Å². The van der Waals surface area contributed by atoms with Crippen LogP contribution in [0.1, 0.15) is 46.8 Å². The highest BCUT2D eigenvalue weighted by atomic mass is 35.5. The van der Waals surface area contributed by atoms with E-state index < -0.39 is 0 Å². The van der Waals surface area contributed by atoms with Crippen molar-refractivity contribution in [1.82, 2.24) is 4.57 Å². The number of nitrogens with zero attached hydrogens (tertiary/aromatic N) is 2. The lowest BCUT2D eigenvalue weighted by atomic mass is 9.99. The monoisotopic (exact) mass is 342 g/mol. The molecule has 24 heavy (non-hydrogen) atoms. The molecule has 0 radical (unpaired) electrons. The first-order valence-corrected chi connectivity index (χ1v) is 8.76. The van der Waals surface area contributed by atoms with Gasteiger partial charge in [0, 0.05) is 18.8 Å². The summed E-state index contributed by atoms with van der Waals surface area (Å²) in [7, 11) is 0. The maximum atomic E-state index is 13.1. The summed E-state index contributed by atoms with van der Waals surface area (Å²) in [6.07, 6.45) is 5.57. The lowest BCUT2D eigenvalue weighted by molar-refractivity contribution is 0.0983. The van der Waals surface area contributed by atoms with Crippen molar-refractivity contribution in [2.24, 2.45) is 0 Å². The van der Waals surface area contributed by atoms with Gasteiger partial charge in [-0.1, -0.05) is 17.7 Å². The Labute approximate surface area is 145 Å². The van der Waals surface area contributed by atoms with Crippen molar-refractivity contribution < 1.29 is 4.79 Å². The molecule has 1 saturated carbocycles. The molecule has 4 nitrogen and oxygen atoms in total. The molecular formula is C19H19ClN2O2. The van der Waals surface area contributed by atoms with E-state index in [9.17, 15) is 9.59 Å². The number of rotatable bonds is 2. The minimum Gasteiger partial charge on any atom is -0.312 e. The molecule has 1 fully saturated rings. The average Bonchev–Trinajstić information content (AvgIpc) is 3.38. The van der Waals surface area contributed by atoms with Crippen molar-refractivity contribution in [2.75, 3.05) is 11.4 Å². The first-order valence-electron chi connectivity index (χ1n) is 8.38. The zero-order valence-corrected chi connectivity index (χ0v) is 14.3. The SMILES string of the molecule is Cc1cc(Cl)c2c(c1)CCCN2C(=O)c1cccn(C2CC2)c1=O. The van der Waals surface area contributed by atoms with Crippen LogP contribution < -0.4 is 10.5 Å². The Kier molecular flexibility index (Phi) is 3.72. The summed E-state index contributed by atoms with van der Waals surface area (Å²) in [6, 6.07) is 7.62. The number of hydrogen-bond acceptors (Lipinski definition) is 2. The van der Waals surface area contributed by atoms with E-state index in [0.29, 0.717) is 11.6 Å². The van der Waals surface area contributed by atoms with Crippen molar-refractivity contribution in [3.05, 3.63) is 62.5 Å². The molecule has 0 bridgehead atoms. The van der Waals surface area contributed by atoms with E-state index in [1.165, 1.54) is 0 Å². The second kappa shape index (κ2) is 5.78. The van der Waals surface area contributed by atoms with E-state index in [1.807, 2.05) is 13.0 Å². The van der Waals surface area contributed by atoms with Gasteiger partial charge in [0.05, 0.1) is 10.7 Å². The highest BCUT2D eigenvalue weighted by molar-refractivity contribution is 6.34. The van der Waals surface area contributed by atoms with Crippen LogP contribution in [0.25, 0.3) is 0 Å². The van der Waals surface area contributed by atoms with E-state index in [1.54, 1.807) is 27.8 Å². The topological polar surface area (TPSA) is 42.3 Å². The third kappa shape index (κ3) is 2.55. The summed E-state index contributed by atoms with van der Waals surface area (Å²) in [6.45, 7) is 2.59. The van der Waals surface area contributed by atoms with Gasteiger partial charge in [0.2, 0.25) is 0 Å². The molecule has 1 aliphatic carbocycles. The highest BCUT2D eigenvalue weighted by Gasteiger charge is 2.30. The fraction of sp³-hybridized carbons (Fsp3) is 0.368. The Morgan fingerprint density at radius 3 is 2.83 bits per heavy atom. The Morgan fingerprint density at radius 2 is 2.08 bits per heavy atom. The molecule has 4 rings (SSSR count). The summed E-state index contributed by atoms with van der Waals surface area (Å²) < 4.78 is 1.69. The minimum absolute atomic E-state index is 0.194. The average molecular weight is 343 g/mol. The van der Waals surface area contributed by atoms with Crippen LogP contribution in [0.5, 0.6) is 0 Å². The minimum atomic E-state index is -0.248.